The smallest absolute Gasteiger partial charge is 0.255 e. The van der Waals surface area contributed by atoms with Gasteiger partial charge in [-0.2, -0.15) is 5.10 Å². The number of aromatic nitrogens is 3. The van der Waals surface area contributed by atoms with Gasteiger partial charge in [0.25, 0.3) is 5.91 Å². The predicted octanol–water partition coefficient (Wildman–Crippen LogP) is 4.47. The largest absolute Gasteiger partial charge is 0.497 e. The topological polar surface area (TPSA) is 102 Å². The standard InChI is InChI=1S/C29H33N5O4/c1-4-26-24-7-8-27(31-28(24)33-32-26)25-17-21(6-5-19(25)2)30-29(35)20-15-22(36-3)18-23(16-20)38-14-11-34-9-12-37-13-10-34/h5-8,15-18H,4,9-14H2,1-3H3,(H,30,35)(H,31,32,33). The Bertz CT molecular complexity index is 1430. The van der Waals surface area contributed by atoms with E-state index >= 15 is 0 Å². The van der Waals surface area contributed by atoms with Gasteiger partial charge in [0, 0.05) is 53.6 Å². The fourth-order valence-corrected chi connectivity index (χ4v) is 4.57. The van der Waals surface area contributed by atoms with Gasteiger partial charge in [0.05, 0.1) is 26.0 Å². The van der Waals surface area contributed by atoms with Crippen LogP contribution in [0, 0.1) is 6.92 Å². The number of anilines is 1. The Balaban J connectivity index is 1.31. The molecule has 0 aliphatic carbocycles. The van der Waals surface area contributed by atoms with E-state index in [0.29, 0.717) is 35.0 Å². The number of aromatic amines is 1. The summed E-state index contributed by atoms with van der Waals surface area (Å²) in [5.74, 6) is 0.905. The van der Waals surface area contributed by atoms with E-state index in [1.54, 1.807) is 25.3 Å². The molecule has 2 aromatic heterocycles. The number of methoxy groups -OCH3 is 1. The molecular formula is C29H33N5O4. The van der Waals surface area contributed by atoms with Crippen LogP contribution in [0.2, 0.25) is 0 Å². The molecule has 1 aliphatic rings. The minimum Gasteiger partial charge on any atom is -0.497 e. The van der Waals surface area contributed by atoms with Gasteiger partial charge in [-0.05, 0) is 55.3 Å². The highest BCUT2D eigenvalue weighted by Crippen LogP contribution is 2.29. The summed E-state index contributed by atoms with van der Waals surface area (Å²) in [7, 11) is 1.58. The molecule has 5 rings (SSSR count). The molecule has 0 bridgehead atoms. The zero-order valence-electron chi connectivity index (χ0n) is 22.0. The van der Waals surface area contributed by atoms with Crippen LogP contribution in [0.15, 0.2) is 48.5 Å². The number of amides is 1. The summed E-state index contributed by atoms with van der Waals surface area (Å²) in [4.78, 5) is 20.3. The van der Waals surface area contributed by atoms with E-state index in [9.17, 15) is 4.79 Å². The number of pyridine rings is 1. The van der Waals surface area contributed by atoms with E-state index in [4.69, 9.17) is 19.2 Å². The van der Waals surface area contributed by atoms with Gasteiger partial charge in [-0.1, -0.05) is 13.0 Å². The van der Waals surface area contributed by atoms with Crippen molar-refractivity contribution in [2.24, 2.45) is 0 Å². The van der Waals surface area contributed by atoms with E-state index in [0.717, 1.165) is 67.2 Å². The molecule has 3 heterocycles. The molecule has 1 aliphatic heterocycles. The lowest BCUT2D eigenvalue weighted by molar-refractivity contribution is 0.0322. The fraction of sp³-hybridized carbons (Fsp3) is 0.345. The number of morpholine rings is 1. The highest BCUT2D eigenvalue weighted by Gasteiger charge is 2.15. The van der Waals surface area contributed by atoms with Gasteiger partial charge < -0.3 is 19.5 Å². The predicted molar refractivity (Wildman–Crippen MR) is 147 cm³/mol. The van der Waals surface area contributed by atoms with Gasteiger partial charge in [-0.25, -0.2) is 4.98 Å². The number of ether oxygens (including phenoxy) is 3. The molecule has 0 radical (unpaired) electrons. The van der Waals surface area contributed by atoms with Crippen molar-refractivity contribution < 1.29 is 19.0 Å². The second kappa shape index (κ2) is 11.6. The van der Waals surface area contributed by atoms with Gasteiger partial charge in [0.1, 0.15) is 18.1 Å². The van der Waals surface area contributed by atoms with Gasteiger partial charge in [-0.15, -0.1) is 0 Å². The molecular weight excluding hydrogens is 482 g/mol. The van der Waals surface area contributed by atoms with Gasteiger partial charge in [0.15, 0.2) is 5.65 Å². The number of aryl methyl sites for hydroxylation is 2. The minimum absolute atomic E-state index is 0.250. The van der Waals surface area contributed by atoms with Crippen LogP contribution in [0.25, 0.3) is 22.3 Å². The van der Waals surface area contributed by atoms with Crippen molar-refractivity contribution in [1.82, 2.24) is 20.1 Å². The van der Waals surface area contributed by atoms with Crippen molar-refractivity contribution in [3.63, 3.8) is 0 Å². The first kappa shape index (κ1) is 25.7. The Morgan fingerprint density at radius 1 is 1.11 bits per heavy atom. The van der Waals surface area contributed by atoms with Crippen LogP contribution in [-0.2, 0) is 11.2 Å². The maximum absolute atomic E-state index is 13.2. The van der Waals surface area contributed by atoms with Crippen LogP contribution in [0.3, 0.4) is 0 Å². The second-order valence-corrected chi connectivity index (χ2v) is 9.31. The molecule has 0 unspecified atom stereocenters. The SMILES string of the molecule is CCc1[nH]nc2nc(-c3cc(NC(=O)c4cc(OC)cc(OCCN5CCOCC5)c4)ccc3C)ccc12. The molecule has 38 heavy (non-hydrogen) atoms. The third-order valence-corrected chi connectivity index (χ3v) is 6.78. The van der Waals surface area contributed by atoms with Crippen LogP contribution in [0.5, 0.6) is 11.5 Å². The van der Waals surface area contributed by atoms with Crippen LogP contribution >= 0.6 is 0 Å². The zero-order chi connectivity index (χ0) is 26.5. The summed E-state index contributed by atoms with van der Waals surface area (Å²) < 4.78 is 16.8. The number of nitrogens with one attached hydrogen (secondary N) is 2. The third kappa shape index (κ3) is 5.79. The van der Waals surface area contributed by atoms with Crippen LogP contribution in [0.1, 0.15) is 28.5 Å². The van der Waals surface area contributed by atoms with E-state index in [2.05, 4.69) is 27.3 Å². The van der Waals surface area contributed by atoms with Crippen molar-refractivity contribution in [3.05, 3.63) is 65.4 Å². The molecule has 2 aromatic carbocycles. The number of hydrogen-bond donors (Lipinski definition) is 2. The Morgan fingerprint density at radius 2 is 1.92 bits per heavy atom. The summed E-state index contributed by atoms with van der Waals surface area (Å²) in [6, 6.07) is 15.1. The second-order valence-electron chi connectivity index (χ2n) is 9.31. The molecule has 198 valence electrons. The summed E-state index contributed by atoms with van der Waals surface area (Å²) in [5.41, 5.74) is 5.67. The lowest BCUT2D eigenvalue weighted by Crippen LogP contribution is -2.38. The average Bonchev–Trinajstić information content (AvgIpc) is 3.37. The molecule has 0 spiro atoms. The first-order valence-electron chi connectivity index (χ1n) is 12.9. The summed E-state index contributed by atoms with van der Waals surface area (Å²) in [6.07, 6.45) is 0.864. The zero-order valence-corrected chi connectivity index (χ0v) is 22.0. The summed E-state index contributed by atoms with van der Waals surface area (Å²) >= 11 is 0. The number of benzene rings is 2. The Kier molecular flexibility index (Phi) is 7.86. The number of H-pyrrole nitrogens is 1. The molecule has 0 atom stereocenters. The quantitative estimate of drug-likeness (QED) is 0.339. The number of carbonyl (C=O) groups is 1. The van der Waals surface area contributed by atoms with E-state index in [1.165, 1.54) is 0 Å². The van der Waals surface area contributed by atoms with Crippen molar-refractivity contribution in [1.29, 1.82) is 0 Å². The molecule has 1 saturated heterocycles. The van der Waals surface area contributed by atoms with Gasteiger partial charge in [-0.3, -0.25) is 14.8 Å². The first-order valence-corrected chi connectivity index (χ1v) is 12.9. The molecule has 9 nitrogen and oxygen atoms in total. The van der Waals surface area contributed by atoms with E-state index in [1.807, 2.05) is 37.3 Å². The first-order chi connectivity index (χ1) is 18.5. The molecule has 2 N–H and O–H groups in total. The number of fused-ring (bicyclic) bond motifs is 1. The Hall–Kier alpha value is -3.95. The molecule has 0 saturated carbocycles. The maximum atomic E-state index is 13.2. The minimum atomic E-state index is -0.250. The van der Waals surface area contributed by atoms with E-state index < -0.39 is 0 Å². The Labute approximate surface area is 222 Å². The Morgan fingerprint density at radius 3 is 2.71 bits per heavy atom. The van der Waals surface area contributed by atoms with Crippen LogP contribution in [-0.4, -0.2) is 72.6 Å². The highest BCUT2D eigenvalue weighted by molar-refractivity contribution is 6.05. The van der Waals surface area contributed by atoms with Crippen molar-refractivity contribution in [2.75, 3.05) is 51.9 Å². The average molecular weight is 516 g/mol. The molecule has 9 heteroatoms. The van der Waals surface area contributed by atoms with Crippen molar-refractivity contribution in [2.45, 2.75) is 20.3 Å². The maximum Gasteiger partial charge on any atom is 0.255 e. The summed E-state index contributed by atoms with van der Waals surface area (Å²) in [5, 5.41) is 11.4. The lowest BCUT2D eigenvalue weighted by Gasteiger charge is -2.26. The number of nitrogens with zero attached hydrogens (tertiary/aromatic N) is 3. The lowest BCUT2D eigenvalue weighted by atomic mass is 10.0. The highest BCUT2D eigenvalue weighted by atomic mass is 16.5. The third-order valence-electron chi connectivity index (χ3n) is 6.78. The normalized spacial score (nSPS) is 14.0. The molecule has 4 aromatic rings. The van der Waals surface area contributed by atoms with Crippen LogP contribution in [0.4, 0.5) is 5.69 Å². The number of hydrogen-bond acceptors (Lipinski definition) is 7. The van der Waals surface area contributed by atoms with Crippen molar-refractivity contribution >= 4 is 22.6 Å². The fourth-order valence-electron chi connectivity index (χ4n) is 4.57. The molecule has 1 amide bonds. The number of carbonyl (C=O) groups excluding carboxylic acids is 1. The monoisotopic (exact) mass is 515 g/mol. The van der Waals surface area contributed by atoms with E-state index in [-0.39, 0.29) is 5.91 Å². The van der Waals surface area contributed by atoms with Gasteiger partial charge >= 0.3 is 0 Å². The van der Waals surface area contributed by atoms with Crippen molar-refractivity contribution in [3.8, 4) is 22.8 Å². The van der Waals surface area contributed by atoms with Gasteiger partial charge in [0.2, 0.25) is 0 Å². The van der Waals surface area contributed by atoms with Crippen LogP contribution < -0.4 is 14.8 Å². The summed E-state index contributed by atoms with van der Waals surface area (Å²) in [6.45, 7) is 8.72. The number of rotatable bonds is 9. The molecule has 1 fully saturated rings.